The Labute approximate surface area is 184 Å². The minimum absolute atomic E-state index is 0.671. The number of aromatic nitrogens is 3. The first kappa shape index (κ1) is 21.7. The number of thioether (sulfide) groups is 1. The molecule has 2 aromatic heterocycles. The van der Waals surface area contributed by atoms with E-state index in [2.05, 4.69) is 49.8 Å². The van der Waals surface area contributed by atoms with Gasteiger partial charge in [-0.05, 0) is 35.7 Å². The molecule has 3 rings (SSSR count). The smallest absolute Gasteiger partial charge is 0.191 e. The molecule has 0 bridgehead atoms. The molecule has 0 amide bonds. The molecular formula is C20H25ClN6S2. The molecule has 0 unspecified atom stereocenters. The Balaban J connectivity index is 1.48. The molecule has 6 nitrogen and oxygen atoms in total. The van der Waals surface area contributed by atoms with E-state index < -0.39 is 0 Å². The first-order valence-corrected chi connectivity index (χ1v) is 11.8. The van der Waals surface area contributed by atoms with Crippen molar-refractivity contribution in [3.05, 3.63) is 63.8 Å². The number of rotatable bonds is 10. The summed E-state index contributed by atoms with van der Waals surface area (Å²) in [5.41, 5.74) is 0. The third-order valence-corrected chi connectivity index (χ3v) is 6.23. The SMILES string of the molecule is CCc1nncn1CCNC(=NCc1cccs1)NCCSc1ccc(Cl)cc1. The van der Waals surface area contributed by atoms with Crippen LogP contribution in [0.15, 0.2) is 58.0 Å². The molecule has 29 heavy (non-hydrogen) atoms. The van der Waals surface area contributed by atoms with Crippen LogP contribution in [0.1, 0.15) is 17.6 Å². The van der Waals surface area contributed by atoms with E-state index in [9.17, 15) is 0 Å². The number of nitrogens with one attached hydrogen (secondary N) is 2. The molecule has 0 aliphatic rings. The van der Waals surface area contributed by atoms with Gasteiger partial charge in [-0.25, -0.2) is 4.99 Å². The van der Waals surface area contributed by atoms with Crippen molar-refractivity contribution < 1.29 is 0 Å². The van der Waals surface area contributed by atoms with Crippen molar-refractivity contribution in [2.24, 2.45) is 4.99 Å². The number of benzene rings is 1. The van der Waals surface area contributed by atoms with Crippen LogP contribution in [-0.4, -0.2) is 39.6 Å². The normalized spacial score (nSPS) is 11.6. The Kier molecular flexibility index (Phi) is 8.85. The van der Waals surface area contributed by atoms with Crippen LogP contribution in [0.25, 0.3) is 0 Å². The van der Waals surface area contributed by atoms with Crippen LogP contribution in [0.4, 0.5) is 0 Å². The molecule has 0 radical (unpaired) electrons. The topological polar surface area (TPSA) is 67.1 Å². The van der Waals surface area contributed by atoms with E-state index in [-0.39, 0.29) is 0 Å². The molecule has 0 spiro atoms. The molecule has 2 heterocycles. The highest BCUT2D eigenvalue weighted by Crippen LogP contribution is 2.19. The van der Waals surface area contributed by atoms with Crippen molar-refractivity contribution >= 4 is 40.7 Å². The average molecular weight is 449 g/mol. The fourth-order valence-corrected chi connectivity index (χ4v) is 4.16. The molecule has 1 aromatic carbocycles. The van der Waals surface area contributed by atoms with Crippen LogP contribution in [0.3, 0.4) is 0 Å². The zero-order chi connectivity index (χ0) is 20.3. The van der Waals surface area contributed by atoms with E-state index >= 15 is 0 Å². The minimum atomic E-state index is 0.671. The van der Waals surface area contributed by atoms with Gasteiger partial charge in [0.25, 0.3) is 0 Å². The second-order valence-electron chi connectivity index (χ2n) is 6.19. The number of hydrogen-bond donors (Lipinski definition) is 2. The third kappa shape index (κ3) is 7.38. The lowest BCUT2D eigenvalue weighted by molar-refractivity contribution is 0.633. The van der Waals surface area contributed by atoms with Gasteiger partial charge in [-0.3, -0.25) is 0 Å². The zero-order valence-electron chi connectivity index (χ0n) is 16.3. The van der Waals surface area contributed by atoms with Gasteiger partial charge in [-0.15, -0.1) is 33.3 Å². The summed E-state index contributed by atoms with van der Waals surface area (Å²) < 4.78 is 2.07. The molecule has 154 valence electrons. The van der Waals surface area contributed by atoms with Gasteiger partial charge in [0.1, 0.15) is 12.2 Å². The highest BCUT2D eigenvalue weighted by molar-refractivity contribution is 7.99. The molecule has 0 aliphatic carbocycles. The molecule has 0 fully saturated rings. The second kappa shape index (κ2) is 11.8. The predicted molar refractivity (Wildman–Crippen MR) is 123 cm³/mol. The number of aryl methyl sites for hydroxylation is 1. The molecule has 0 saturated carbocycles. The lowest BCUT2D eigenvalue weighted by Crippen LogP contribution is -2.40. The van der Waals surface area contributed by atoms with Gasteiger partial charge in [0.05, 0.1) is 6.54 Å². The average Bonchev–Trinajstić information content (AvgIpc) is 3.41. The van der Waals surface area contributed by atoms with Crippen molar-refractivity contribution in [2.75, 3.05) is 18.8 Å². The number of thiophene rings is 1. The Morgan fingerprint density at radius 1 is 1.21 bits per heavy atom. The van der Waals surface area contributed by atoms with Crippen LogP contribution in [0.2, 0.25) is 5.02 Å². The maximum Gasteiger partial charge on any atom is 0.191 e. The largest absolute Gasteiger partial charge is 0.356 e. The number of hydrogen-bond acceptors (Lipinski definition) is 5. The number of guanidine groups is 1. The Morgan fingerprint density at radius 2 is 2.03 bits per heavy atom. The summed E-state index contributed by atoms with van der Waals surface area (Å²) >= 11 is 9.45. The first-order chi connectivity index (χ1) is 14.2. The standard InChI is InChI=1S/C20H25ClN6S2/c1-2-19-26-25-15-27(19)11-9-22-20(24-14-18-4-3-12-28-18)23-10-13-29-17-7-5-16(21)6-8-17/h3-8,12,15H,2,9-11,13-14H2,1H3,(H2,22,23,24). The number of nitrogens with zero attached hydrogens (tertiary/aromatic N) is 4. The maximum absolute atomic E-state index is 5.94. The zero-order valence-corrected chi connectivity index (χ0v) is 18.7. The van der Waals surface area contributed by atoms with Crippen molar-refractivity contribution in [2.45, 2.75) is 31.3 Å². The highest BCUT2D eigenvalue weighted by Gasteiger charge is 2.03. The van der Waals surface area contributed by atoms with Crippen LogP contribution >= 0.6 is 34.7 Å². The molecule has 0 saturated heterocycles. The van der Waals surface area contributed by atoms with Crippen LogP contribution in [0.5, 0.6) is 0 Å². The van der Waals surface area contributed by atoms with E-state index in [4.69, 9.17) is 16.6 Å². The molecule has 3 aromatic rings. The van der Waals surface area contributed by atoms with E-state index in [1.165, 1.54) is 9.77 Å². The van der Waals surface area contributed by atoms with Gasteiger partial charge in [-0.2, -0.15) is 0 Å². The minimum Gasteiger partial charge on any atom is -0.356 e. The van der Waals surface area contributed by atoms with Gasteiger partial charge >= 0.3 is 0 Å². The fraction of sp³-hybridized carbons (Fsp3) is 0.350. The van der Waals surface area contributed by atoms with Gasteiger partial charge in [-0.1, -0.05) is 24.6 Å². The van der Waals surface area contributed by atoms with Gasteiger partial charge in [0.15, 0.2) is 5.96 Å². The van der Waals surface area contributed by atoms with E-state index in [0.29, 0.717) is 6.54 Å². The van der Waals surface area contributed by atoms with E-state index in [1.807, 2.05) is 24.3 Å². The van der Waals surface area contributed by atoms with Crippen LogP contribution in [-0.2, 0) is 19.5 Å². The Bertz CT molecular complexity index is 877. The summed E-state index contributed by atoms with van der Waals surface area (Å²) in [6, 6.07) is 12.1. The fourth-order valence-electron chi connectivity index (χ4n) is 2.64. The summed E-state index contributed by atoms with van der Waals surface area (Å²) in [6.45, 7) is 5.13. The lowest BCUT2D eigenvalue weighted by Gasteiger charge is -2.13. The quantitative estimate of drug-likeness (QED) is 0.212. The summed E-state index contributed by atoms with van der Waals surface area (Å²) in [6.07, 6.45) is 2.65. The van der Waals surface area contributed by atoms with Crippen LogP contribution in [0, 0.1) is 0 Å². The van der Waals surface area contributed by atoms with Gasteiger partial charge < -0.3 is 15.2 Å². The maximum atomic E-state index is 5.94. The molecule has 0 aliphatic heterocycles. The van der Waals surface area contributed by atoms with E-state index in [0.717, 1.165) is 48.6 Å². The van der Waals surface area contributed by atoms with E-state index in [1.54, 1.807) is 29.4 Å². The molecule has 2 N–H and O–H groups in total. The predicted octanol–water partition coefficient (Wildman–Crippen LogP) is 4.08. The van der Waals surface area contributed by atoms with Crippen LogP contribution < -0.4 is 10.6 Å². The lowest BCUT2D eigenvalue weighted by atomic mass is 10.4. The molecular weight excluding hydrogens is 424 g/mol. The van der Waals surface area contributed by atoms with Crippen molar-refractivity contribution in [1.82, 2.24) is 25.4 Å². The summed E-state index contributed by atoms with van der Waals surface area (Å²) in [5, 5.41) is 17.8. The highest BCUT2D eigenvalue weighted by atomic mass is 35.5. The van der Waals surface area contributed by atoms with Gasteiger partial charge in [0.2, 0.25) is 0 Å². The first-order valence-electron chi connectivity index (χ1n) is 9.54. The summed E-state index contributed by atoms with van der Waals surface area (Å²) in [7, 11) is 0. The van der Waals surface area contributed by atoms with Gasteiger partial charge in [0, 0.05) is 46.6 Å². The molecule has 0 atom stereocenters. The monoisotopic (exact) mass is 448 g/mol. The third-order valence-electron chi connectivity index (χ3n) is 4.11. The van der Waals surface area contributed by atoms with Crippen molar-refractivity contribution in [3.63, 3.8) is 0 Å². The molecule has 9 heteroatoms. The summed E-state index contributed by atoms with van der Waals surface area (Å²) in [4.78, 5) is 7.17. The number of aliphatic imine (C=N–C) groups is 1. The second-order valence-corrected chi connectivity index (χ2v) is 8.83. The van der Waals surface area contributed by atoms with Crippen molar-refractivity contribution in [1.29, 1.82) is 0 Å². The van der Waals surface area contributed by atoms with Crippen molar-refractivity contribution in [3.8, 4) is 0 Å². The summed E-state index contributed by atoms with van der Waals surface area (Å²) in [5.74, 6) is 2.75. The Hall–Kier alpha value is -2.03. The Morgan fingerprint density at radius 3 is 2.79 bits per heavy atom. The number of halogens is 1.